The summed E-state index contributed by atoms with van der Waals surface area (Å²) in [5, 5.41) is 2.56. The van der Waals surface area contributed by atoms with Crippen molar-refractivity contribution < 1.29 is 13.9 Å². The normalized spacial score (nSPS) is 12.9. The Morgan fingerprint density at radius 1 is 1.44 bits per heavy atom. The minimum atomic E-state index is -0.586. The SMILES string of the molecule is C[C@H](NC(=O)OC(C)(C)C)c1cc(N)ccc1F. The Bertz CT molecular complexity index is 441. The molecule has 1 aromatic rings. The maximum absolute atomic E-state index is 13.6. The van der Waals surface area contributed by atoms with Crippen molar-refractivity contribution >= 4 is 11.8 Å². The molecule has 100 valence electrons. The van der Waals surface area contributed by atoms with Crippen LogP contribution in [-0.2, 0) is 4.74 Å². The standard InChI is InChI=1S/C13H19FN2O2/c1-8(16-12(17)18-13(2,3)4)10-7-9(15)5-6-11(10)14/h5-8H,15H2,1-4H3,(H,16,17)/t8-/m0/s1. The predicted molar refractivity (Wildman–Crippen MR) is 68.6 cm³/mol. The smallest absolute Gasteiger partial charge is 0.408 e. The second-order valence-electron chi connectivity index (χ2n) is 5.15. The summed E-state index contributed by atoms with van der Waals surface area (Å²) in [7, 11) is 0. The van der Waals surface area contributed by atoms with Crippen LogP contribution >= 0.6 is 0 Å². The maximum Gasteiger partial charge on any atom is 0.408 e. The zero-order chi connectivity index (χ0) is 13.9. The van der Waals surface area contributed by atoms with Crippen LogP contribution in [0.1, 0.15) is 39.3 Å². The number of benzene rings is 1. The summed E-state index contributed by atoms with van der Waals surface area (Å²) < 4.78 is 18.7. The van der Waals surface area contributed by atoms with Crippen LogP contribution in [0.15, 0.2) is 18.2 Å². The third kappa shape index (κ3) is 4.24. The molecule has 0 aliphatic rings. The van der Waals surface area contributed by atoms with Gasteiger partial charge >= 0.3 is 6.09 Å². The molecule has 0 aliphatic carbocycles. The second-order valence-corrected chi connectivity index (χ2v) is 5.15. The molecule has 0 heterocycles. The van der Waals surface area contributed by atoms with Gasteiger partial charge in [0, 0.05) is 11.3 Å². The van der Waals surface area contributed by atoms with E-state index in [0.717, 1.165) is 0 Å². The van der Waals surface area contributed by atoms with E-state index in [4.69, 9.17) is 10.5 Å². The van der Waals surface area contributed by atoms with Crippen LogP contribution in [0.4, 0.5) is 14.9 Å². The number of hydrogen-bond acceptors (Lipinski definition) is 3. The van der Waals surface area contributed by atoms with Crippen molar-refractivity contribution in [3.05, 3.63) is 29.6 Å². The first-order valence-corrected chi connectivity index (χ1v) is 5.73. The summed E-state index contributed by atoms with van der Waals surface area (Å²) in [6, 6.07) is 3.73. The molecule has 4 nitrogen and oxygen atoms in total. The number of anilines is 1. The number of amides is 1. The van der Waals surface area contributed by atoms with Crippen LogP contribution in [-0.4, -0.2) is 11.7 Å². The molecule has 0 bridgehead atoms. The van der Waals surface area contributed by atoms with Crippen LogP contribution < -0.4 is 11.1 Å². The van der Waals surface area contributed by atoms with E-state index in [0.29, 0.717) is 11.3 Å². The van der Waals surface area contributed by atoms with E-state index in [-0.39, 0.29) is 0 Å². The highest BCUT2D eigenvalue weighted by Crippen LogP contribution is 2.20. The largest absolute Gasteiger partial charge is 0.444 e. The molecular formula is C13H19FN2O2. The summed E-state index contributed by atoms with van der Waals surface area (Å²) in [4.78, 5) is 11.6. The van der Waals surface area contributed by atoms with E-state index < -0.39 is 23.6 Å². The van der Waals surface area contributed by atoms with E-state index in [1.54, 1.807) is 27.7 Å². The average molecular weight is 254 g/mol. The zero-order valence-electron chi connectivity index (χ0n) is 11.1. The van der Waals surface area contributed by atoms with Crippen LogP contribution in [0.3, 0.4) is 0 Å². The predicted octanol–water partition coefficient (Wildman–Crippen LogP) is 2.99. The van der Waals surface area contributed by atoms with Gasteiger partial charge in [-0.1, -0.05) is 0 Å². The first-order chi connectivity index (χ1) is 8.19. The summed E-state index contributed by atoms with van der Waals surface area (Å²) in [5.41, 5.74) is 5.78. The Morgan fingerprint density at radius 2 is 2.06 bits per heavy atom. The number of carbonyl (C=O) groups is 1. The summed E-state index contributed by atoms with van der Waals surface area (Å²) >= 11 is 0. The summed E-state index contributed by atoms with van der Waals surface area (Å²) in [6.07, 6.45) is -0.586. The topological polar surface area (TPSA) is 64.3 Å². The number of nitrogen functional groups attached to an aromatic ring is 1. The lowest BCUT2D eigenvalue weighted by molar-refractivity contribution is 0.0507. The molecule has 0 fully saturated rings. The number of rotatable bonds is 2. The Morgan fingerprint density at radius 3 is 2.61 bits per heavy atom. The molecule has 0 saturated heterocycles. The second kappa shape index (κ2) is 5.25. The molecule has 1 atom stereocenters. The lowest BCUT2D eigenvalue weighted by atomic mass is 10.1. The van der Waals surface area contributed by atoms with Gasteiger partial charge in [0.25, 0.3) is 0 Å². The Kier molecular flexibility index (Phi) is 4.16. The third-order valence-corrected chi connectivity index (χ3v) is 2.22. The number of halogens is 1. The molecule has 1 rings (SSSR count). The highest BCUT2D eigenvalue weighted by Gasteiger charge is 2.19. The minimum absolute atomic E-state index is 0.334. The van der Waals surface area contributed by atoms with Gasteiger partial charge in [-0.2, -0.15) is 0 Å². The van der Waals surface area contributed by atoms with Crippen LogP contribution in [0.25, 0.3) is 0 Å². The van der Waals surface area contributed by atoms with Crippen molar-refractivity contribution in [3.63, 3.8) is 0 Å². The van der Waals surface area contributed by atoms with Crippen molar-refractivity contribution in [1.82, 2.24) is 5.32 Å². The van der Waals surface area contributed by atoms with E-state index in [1.807, 2.05) is 0 Å². The average Bonchev–Trinajstić information content (AvgIpc) is 2.18. The van der Waals surface area contributed by atoms with Crippen LogP contribution in [0.2, 0.25) is 0 Å². The van der Waals surface area contributed by atoms with Gasteiger partial charge in [-0.15, -0.1) is 0 Å². The fourth-order valence-corrected chi connectivity index (χ4v) is 1.46. The van der Waals surface area contributed by atoms with Crippen LogP contribution in [0.5, 0.6) is 0 Å². The minimum Gasteiger partial charge on any atom is -0.444 e. The van der Waals surface area contributed by atoms with E-state index in [2.05, 4.69) is 5.32 Å². The van der Waals surface area contributed by atoms with Crippen molar-refractivity contribution in [2.24, 2.45) is 0 Å². The number of alkyl carbamates (subject to hydrolysis) is 1. The fourth-order valence-electron chi connectivity index (χ4n) is 1.46. The molecule has 1 aromatic carbocycles. The van der Waals surface area contributed by atoms with E-state index in [9.17, 15) is 9.18 Å². The van der Waals surface area contributed by atoms with Crippen molar-refractivity contribution in [1.29, 1.82) is 0 Å². The van der Waals surface area contributed by atoms with Gasteiger partial charge in [-0.3, -0.25) is 0 Å². The van der Waals surface area contributed by atoms with Gasteiger partial charge in [0.1, 0.15) is 11.4 Å². The first-order valence-electron chi connectivity index (χ1n) is 5.73. The number of carbonyl (C=O) groups excluding carboxylic acids is 1. The lowest BCUT2D eigenvalue weighted by Gasteiger charge is -2.22. The molecule has 18 heavy (non-hydrogen) atoms. The molecule has 0 radical (unpaired) electrons. The Balaban J connectivity index is 2.73. The van der Waals surface area contributed by atoms with Crippen LogP contribution in [0, 0.1) is 5.82 Å². The van der Waals surface area contributed by atoms with Gasteiger partial charge in [-0.05, 0) is 45.9 Å². The summed E-state index contributed by atoms with van der Waals surface area (Å²) in [6.45, 7) is 6.96. The molecular weight excluding hydrogens is 235 g/mol. The fraction of sp³-hybridized carbons (Fsp3) is 0.462. The van der Waals surface area contributed by atoms with E-state index >= 15 is 0 Å². The van der Waals surface area contributed by atoms with Crippen molar-refractivity contribution in [2.45, 2.75) is 39.3 Å². The third-order valence-electron chi connectivity index (χ3n) is 2.22. The van der Waals surface area contributed by atoms with Gasteiger partial charge in [0.15, 0.2) is 0 Å². The quantitative estimate of drug-likeness (QED) is 0.797. The Labute approximate surface area is 106 Å². The molecule has 0 unspecified atom stereocenters. The number of hydrogen-bond donors (Lipinski definition) is 2. The highest BCUT2D eigenvalue weighted by atomic mass is 19.1. The van der Waals surface area contributed by atoms with Gasteiger partial charge in [0.2, 0.25) is 0 Å². The zero-order valence-corrected chi connectivity index (χ0v) is 11.1. The lowest BCUT2D eigenvalue weighted by Crippen LogP contribution is -2.34. The number of nitrogens with two attached hydrogens (primary N) is 1. The van der Waals surface area contributed by atoms with Gasteiger partial charge in [0.05, 0.1) is 6.04 Å². The van der Waals surface area contributed by atoms with Gasteiger partial charge in [-0.25, -0.2) is 9.18 Å². The molecule has 0 aliphatic heterocycles. The Hall–Kier alpha value is -1.78. The molecule has 0 saturated carbocycles. The van der Waals surface area contributed by atoms with Gasteiger partial charge < -0.3 is 15.8 Å². The number of ether oxygens (including phenoxy) is 1. The molecule has 5 heteroatoms. The van der Waals surface area contributed by atoms with E-state index in [1.165, 1.54) is 18.2 Å². The summed E-state index contributed by atoms with van der Waals surface area (Å²) in [5.74, 6) is -0.409. The first kappa shape index (κ1) is 14.3. The molecule has 0 aromatic heterocycles. The molecule has 3 N–H and O–H groups in total. The number of nitrogens with one attached hydrogen (secondary N) is 1. The maximum atomic E-state index is 13.6. The highest BCUT2D eigenvalue weighted by molar-refractivity contribution is 5.68. The molecule has 0 spiro atoms. The van der Waals surface area contributed by atoms with Crippen molar-refractivity contribution in [2.75, 3.05) is 5.73 Å². The monoisotopic (exact) mass is 254 g/mol. The molecule has 1 amide bonds. The van der Waals surface area contributed by atoms with Crippen molar-refractivity contribution in [3.8, 4) is 0 Å².